The number of unbranched alkanes of at least 4 members (excludes halogenated alkanes) is 1. The van der Waals surface area contributed by atoms with Crippen molar-refractivity contribution in [3.8, 4) is 28.4 Å². The number of nitrogen functional groups attached to an aromatic ring is 2. The highest BCUT2D eigenvalue weighted by Crippen LogP contribution is 2.39. The van der Waals surface area contributed by atoms with E-state index < -0.39 is 11.9 Å². The number of halogens is 1. The fourth-order valence-corrected chi connectivity index (χ4v) is 7.47. The molecule has 14 heteroatoms. The van der Waals surface area contributed by atoms with Crippen LogP contribution < -0.4 is 30.7 Å². The van der Waals surface area contributed by atoms with E-state index in [2.05, 4.69) is 58.3 Å². The summed E-state index contributed by atoms with van der Waals surface area (Å²) in [5.41, 5.74) is 22.9. The molecule has 0 aliphatic heterocycles. The summed E-state index contributed by atoms with van der Waals surface area (Å²) < 4.78 is 10.8. The number of methoxy groups -OCH3 is 1. The molecule has 0 aliphatic rings. The summed E-state index contributed by atoms with van der Waals surface area (Å²) in [5, 5.41) is 26.7. The summed E-state index contributed by atoms with van der Waals surface area (Å²) >= 11 is 5.07. The molecule has 0 heterocycles. The molecule has 8 aromatic rings. The van der Waals surface area contributed by atoms with Crippen LogP contribution in [0.1, 0.15) is 58.9 Å². The number of hydrogen-bond acceptors (Lipinski definition) is 11. The third-order valence-electron chi connectivity index (χ3n) is 11.2. The maximum absolute atomic E-state index is 10.7. The van der Waals surface area contributed by atoms with Crippen LogP contribution in [0.5, 0.6) is 17.2 Å². The number of aliphatic hydroxyl groups is 1. The van der Waals surface area contributed by atoms with Crippen LogP contribution in [0, 0.1) is 0 Å². The van der Waals surface area contributed by atoms with Crippen molar-refractivity contribution < 1.29 is 44.0 Å². The van der Waals surface area contributed by atoms with Crippen LogP contribution in [-0.4, -0.2) is 45.4 Å². The topological polar surface area (TPSA) is 206 Å². The fraction of sp³-hybridized carbons (Fsp3) is 0.119. The van der Waals surface area contributed by atoms with Gasteiger partial charge in [-0.25, -0.2) is 9.59 Å². The molecule has 372 valence electrons. The Morgan fingerprint density at radius 2 is 0.781 bits per heavy atom. The van der Waals surface area contributed by atoms with Crippen molar-refractivity contribution in [3.63, 3.8) is 0 Å². The molecule has 7 N–H and O–H groups in total. The van der Waals surface area contributed by atoms with Gasteiger partial charge in [-0.2, -0.15) is 0 Å². The van der Waals surface area contributed by atoms with Gasteiger partial charge in [0.25, 0.3) is 0 Å². The Bertz CT molecular complexity index is 2830. The van der Waals surface area contributed by atoms with Crippen molar-refractivity contribution in [2.24, 2.45) is 0 Å². The smallest absolute Gasteiger partial charge is 0.335 e. The first-order valence-electron chi connectivity index (χ1n) is 23.1. The van der Waals surface area contributed by atoms with Gasteiger partial charge in [0.2, 0.25) is 5.24 Å². The monoisotopic (exact) mass is 998 g/mol. The third-order valence-corrected chi connectivity index (χ3v) is 11.4. The van der Waals surface area contributed by atoms with Gasteiger partial charge in [-0.3, -0.25) is 4.79 Å². The number of hydrogen-bond donors (Lipinski definition) is 5. The molecule has 8 aromatic carbocycles. The van der Waals surface area contributed by atoms with Gasteiger partial charge in [0.15, 0.2) is 0 Å². The van der Waals surface area contributed by atoms with Gasteiger partial charge in [-0.05, 0) is 206 Å². The molecule has 0 saturated heterocycles. The summed E-state index contributed by atoms with van der Waals surface area (Å²) in [4.78, 5) is 46.3. The van der Waals surface area contributed by atoms with Gasteiger partial charge in [0.1, 0.15) is 23.0 Å². The summed E-state index contributed by atoms with van der Waals surface area (Å²) in [6.07, 6.45) is 2.44. The Labute approximate surface area is 429 Å². The van der Waals surface area contributed by atoms with Crippen LogP contribution in [0.25, 0.3) is 11.1 Å². The largest absolute Gasteiger partial charge is 0.497 e. The minimum atomic E-state index is -1.00. The van der Waals surface area contributed by atoms with E-state index in [1.54, 1.807) is 14.0 Å². The van der Waals surface area contributed by atoms with E-state index in [1.807, 2.05) is 97.1 Å². The predicted octanol–water partition coefficient (Wildman–Crippen LogP) is 13.7. The molecule has 13 nitrogen and oxygen atoms in total. The number of ketones is 1. The number of rotatable bonds is 18. The summed E-state index contributed by atoms with van der Waals surface area (Å²) in [6.45, 7) is 1.55. The lowest BCUT2D eigenvalue weighted by molar-refractivity contribution is -0.117. The van der Waals surface area contributed by atoms with Crippen LogP contribution in [0.15, 0.2) is 194 Å². The van der Waals surface area contributed by atoms with E-state index in [-0.39, 0.29) is 28.8 Å². The molecule has 0 aromatic heterocycles. The normalized spacial score (nSPS) is 10.4. The van der Waals surface area contributed by atoms with Gasteiger partial charge in [-0.15, -0.1) is 0 Å². The number of nitrogens with two attached hydrogens (primary N) is 2. The maximum atomic E-state index is 10.7. The van der Waals surface area contributed by atoms with Crippen LogP contribution in [0.4, 0.5) is 45.5 Å². The van der Waals surface area contributed by atoms with Crippen molar-refractivity contribution in [2.75, 3.05) is 28.4 Å². The Morgan fingerprint density at radius 1 is 0.466 bits per heavy atom. The molecule has 0 atom stereocenters. The number of benzene rings is 8. The van der Waals surface area contributed by atoms with Gasteiger partial charge in [0.05, 0.1) is 24.8 Å². The number of aromatic carboxylic acids is 2. The van der Waals surface area contributed by atoms with E-state index in [4.69, 9.17) is 42.8 Å². The summed E-state index contributed by atoms with van der Waals surface area (Å²) in [7, 11) is 1.67. The standard InChI is InChI=1S/C38H34N4O2.C14H10O5.C7H11ClO2/c1-44-38-24-22-37(23-25-38)42(36-20-10-31(40)11-21-36)34-16-6-29(7-17-34)28-4-14-33(15-5-28)41(35-18-8-30(39)9-19-35)32-12-2-27(26-43)3-13-32;15-13(16)9-1-5-11(6-2-9)19-12-7-3-10(4-8-12)14(17)18;1-6(9)4-2-3-5-7(8)10/h2-25,43H,26,39-40H2,1H3;1-8H,(H,15,16)(H,17,18);2-5H2,1H3. The van der Waals surface area contributed by atoms with Crippen molar-refractivity contribution in [1.29, 1.82) is 0 Å². The minimum Gasteiger partial charge on any atom is -0.497 e. The number of nitrogens with zero attached hydrogens (tertiary/aromatic N) is 2. The van der Waals surface area contributed by atoms with Crippen molar-refractivity contribution >= 4 is 80.1 Å². The average Bonchev–Trinajstić information content (AvgIpc) is 3.40. The first-order chi connectivity index (χ1) is 35.2. The minimum absolute atomic E-state index is 0.00741. The van der Waals surface area contributed by atoms with Crippen LogP contribution >= 0.6 is 11.6 Å². The van der Waals surface area contributed by atoms with E-state index in [0.717, 1.165) is 75.1 Å². The maximum Gasteiger partial charge on any atom is 0.335 e. The number of carbonyl (C=O) groups excluding carboxylic acids is 2. The Balaban J connectivity index is 0.000000245. The lowest BCUT2D eigenvalue weighted by atomic mass is 10.0. The van der Waals surface area contributed by atoms with E-state index in [9.17, 15) is 24.3 Å². The Morgan fingerprint density at radius 3 is 1.10 bits per heavy atom. The number of carboxylic acid groups (broad SMARTS) is 2. The Kier molecular flexibility index (Phi) is 19.3. The van der Waals surface area contributed by atoms with Crippen LogP contribution in [-0.2, 0) is 16.2 Å². The first kappa shape index (κ1) is 53.4. The molecule has 0 bridgehead atoms. The number of carbonyl (C=O) groups is 4. The lowest BCUT2D eigenvalue weighted by Crippen LogP contribution is -2.10. The van der Waals surface area contributed by atoms with Crippen LogP contribution in [0.2, 0.25) is 0 Å². The zero-order valence-corrected chi connectivity index (χ0v) is 41.0. The van der Waals surface area contributed by atoms with Crippen LogP contribution in [0.3, 0.4) is 0 Å². The van der Waals surface area contributed by atoms with Crippen molar-refractivity contribution in [2.45, 2.75) is 39.2 Å². The molecule has 0 amide bonds. The third kappa shape index (κ3) is 15.8. The van der Waals surface area contributed by atoms with Gasteiger partial charge in [-0.1, -0.05) is 36.4 Å². The van der Waals surface area contributed by atoms with Crippen molar-refractivity contribution in [1.82, 2.24) is 0 Å². The average molecular weight is 1000 g/mol. The molecular formula is C59H55ClN4O9. The molecule has 0 radical (unpaired) electrons. The molecule has 0 saturated carbocycles. The molecule has 0 fully saturated rings. The summed E-state index contributed by atoms with van der Waals surface area (Å²) in [6, 6.07) is 60.6. The van der Waals surface area contributed by atoms with Gasteiger partial charge in [0, 0.05) is 58.3 Å². The SMILES string of the molecule is CC(=O)CCCCC(=O)Cl.COc1ccc(N(c2ccc(N)cc2)c2ccc(-c3ccc(N(c4ccc(N)cc4)c4ccc(CO)cc4)cc3)cc2)cc1.O=C(O)c1ccc(Oc2ccc(C(=O)O)cc2)cc1. The van der Waals surface area contributed by atoms with E-state index in [1.165, 1.54) is 48.5 Å². The van der Waals surface area contributed by atoms with E-state index in [0.29, 0.717) is 30.0 Å². The molecule has 0 aliphatic carbocycles. The van der Waals surface area contributed by atoms with E-state index >= 15 is 0 Å². The first-order valence-corrected chi connectivity index (χ1v) is 23.5. The lowest BCUT2D eigenvalue weighted by Gasteiger charge is -2.26. The number of ether oxygens (including phenoxy) is 2. The second-order valence-electron chi connectivity index (χ2n) is 16.5. The highest BCUT2D eigenvalue weighted by atomic mass is 35.5. The number of anilines is 8. The molecule has 0 spiro atoms. The molecule has 8 rings (SSSR count). The summed E-state index contributed by atoms with van der Waals surface area (Å²) in [5.74, 6) is -0.0696. The predicted molar refractivity (Wildman–Crippen MR) is 289 cm³/mol. The van der Waals surface area contributed by atoms with Gasteiger partial charge < -0.3 is 50.9 Å². The Hall–Kier alpha value is -8.91. The molecule has 73 heavy (non-hydrogen) atoms. The zero-order valence-electron chi connectivity index (χ0n) is 40.2. The van der Waals surface area contributed by atoms with Crippen molar-refractivity contribution in [3.05, 3.63) is 211 Å². The molecule has 0 unspecified atom stereocenters. The van der Waals surface area contributed by atoms with Gasteiger partial charge >= 0.3 is 11.9 Å². The number of carboxylic acids is 2. The number of aliphatic hydroxyl groups excluding tert-OH is 1. The fourth-order valence-electron chi connectivity index (χ4n) is 7.33. The molecular weight excluding hydrogens is 944 g/mol. The second-order valence-corrected chi connectivity index (χ2v) is 16.9. The highest BCUT2D eigenvalue weighted by molar-refractivity contribution is 6.63. The second kappa shape index (κ2) is 26.3. The highest BCUT2D eigenvalue weighted by Gasteiger charge is 2.16. The zero-order chi connectivity index (χ0) is 52.3. The quantitative estimate of drug-likeness (QED) is 0.0309. The number of Topliss-reactive ketones (excluding diaryl/α,β-unsaturated/α-hetero) is 1.